The monoisotopic (exact) mass is 383 g/mol. The second-order valence-corrected chi connectivity index (χ2v) is 8.76. The summed E-state index contributed by atoms with van der Waals surface area (Å²) >= 11 is 1.57. The summed E-state index contributed by atoms with van der Waals surface area (Å²) in [5, 5.41) is 6.81. The first-order valence-electron chi connectivity index (χ1n) is 9.86. The fourth-order valence-electron chi connectivity index (χ4n) is 4.50. The Bertz CT molecular complexity index is 813. The highest BCUT2D eigenvalue weighted by atomic mass is 32.1. The van der Waals surface area contributed by atoms with Gasteiger partial charge in [-0.2, -0.15) is 0 Å². The summed E-state index contributed by atoms with van der Waals surface area (Å²) < 4.78 is 5.42. The molecule has 3 saturated heterocycles. The third-order valence-electron chi connectivity index (χ3n) is 5.97. The van der Waals surface area contributed by atoms with Gasteiger partial charge in [-0.3, -0.25) is 4.79 Å². The maximum Gasteiger partial charge on any atom is 0.261 e. The highest BCUT2D eigenvalue weighted by Crippen LogP contribution is 2.31. The van der Waals surface area contributed by atoms with Crippen molar-refractivity contribution >= 4 is 22.9 Å². The van der Waals surface area contributed by atoms with Crippen LogP contribution >= 0.6 is 11.3 Å². The van der Waals surface area contributed by atoms with Crippen LogP contribution in [0.15, 0.2) is 36.4 Å². The third kappa shape index (κ3) is 3.49. The molecule has 5 rings (SSSR count). The summed E-state index contributed by atoms with van der Waals surface area (Å²) in [6.07, 6.45) is 3.50. The predicted molar refractivity (Wildman–Crippen MR) is 109 cm³/mol. The average Bonchev–Trinajstić information content (AvgIpc) is 3.46. The van der Waals surface area contributed by atoms with Gasteiger partial charge in [0.05, 0.1) is 18.1 Å². The molecule has 2 N–H and O–H groups in total. The van der Waals surface area contributed by atoms with E-state index < -0.39 is 0 Å². The van der Waals surface area contributed by atoms with Crippen molar-refractivity contribution in [2.24, 2.45) is 0 Å². The van der Waals surface area contributed by atoms with Crippen LogP contribution in [0, 0.1) is 0 Å². The van der Waals surface area contributed by atoms with Crippen molar-refractivity contribution in [2.45, 2.75) is 37.4 Å². The number of rotatable bonds is 4. The van der Waals surface area contributed by atoms with E-state index in [1.54, 1.807) is 11.3 Å². The molecule has 6 heteroatoms. The lowest BCUT2D eigenvalue weighted by molar-refractivity contribution is 0.0935. The Kier molecular flexibility index (Phi) is 4.63. The molecule has 3 aliphatic heterocycles. The number of anilines is 1. The molecule has 142 valence electrons. The standard InChI is InChI=1S/C21H25N3O2S/c25-21(23-18-13-15-3-6-17(18)22-15)20-8-7-19(27-20)14-1-4-16(5-2-14)24-9-11-26-12-10-24/h1-2,4-5,7-8,15,17-18,22H,3,6,9-13H2,(H,23,25). The van der Waals surface area contributed by atoms with Crippen LogP contribution in [-0.2, 0) is 4.74 Å². The molecule has 3 aliphatic rings. The number of nitrogens with one attached hydrogen (secondary N) is 2. The number of carbonyl (C=O) groups is 1. The van der Waals surface area contributed by atoms with Crippen molar-refractivity contribution in [1.29, 1.82) is 0 Å². The van der Waals surface area contributed by atoms with E-state index in [0.717, 1.165) is 48.0 Å². The minimum atomic E-state index is 0.0653. The zero-order valence-electron chi connectivity index (χ0n) is 15.3. The van der Waals surface area contributed by atoms with Gasteiger partial charge in [-0.15, -0.1) is 11.3 Å². The first-order valence-corrected chi connectivity index (χ1v) is 10.7. The molecule has 4 heterocycles. The van der Waals surface area contributed by atoms with Gasteiger partial charge in [-0.1, -0.05) is 12.1 Å². The molecule has 5 nitrogen and oxygen atoms in total. The van der Waals surface area contributed by atoms with Crippen LogP contribution in [0.5, 0.6) is 0 Å². The van der Waals surface area contributed by atoms with Crippen LogP contribution in [0.4, 0.5) is 5.69 Å². The van der Waals surface area contributed by atoms with E-state index >= 15 is 0 Å². The van der Waals surface area contributed by atoms with Gasteiger partial charge in [0.2, 0.25) is 0 Å². The van der Waals surface area contributed by atoms with Crippen molar-refractivity contribution in [2.75, 3.05) is 31.2 Å². The Labute approximate surface area is 163 Å². The van der Waals surface area contributed by atoms with Gasteiger partial charge in [0.15, 0.2) is 0 Å². The van der Waals surface area contributed by atoms with Crippen molar-refractivity contribution in [3.05, 3.63) is 41.3 Å². The molecule has 0 spiro atoms. The van der Waals surface area contributed by atoms with Crippen LogP contribution in [0.25, 0.3) is 10.4 Å². The van der Waals surface area contributed by atoms with Crippen LogP contribution < -0.4 is 15.5 Å². The molecule has 2 bridgehead atoms. The highest BCUT2D eigenvalue weighted by molar-refractivity contribution is 7.17. The normalized spacial score (nSPS) is 27.1. The summed E-state index contributed by atoms with van der Waals surface area (Å²) in [5.74, 6) is 0.0653. The van der Waals surface area contributed by atoms with Gasteiger partial charge < -0.3 is 20.3 Å². The number of benzene rings is 1. The van der Waals surface area contributed by atoms with Crippen LogP contribution in [0.1, 0.15) is 28.9 Å². The van der Waals surface area contributed by atoms with E-state index in [0.29, 0.717) is 12.1 Å². The summed E-state index contributed by atoms with van der Waals surface area (Å²) in [6, 6.07) is 14.0. The molecule has 3 fully saturated rings. The van der Waals surface area contributed by atoms with Crippen LogP contribution in [0.3, 0.4) is 0 Å². The Balaban J connectivity index is 1.25. The van der Waals surface area contributed by atoms with Gasteiger partial charge in [0.1, 0.15) is 0 Å². The third-order valence-corrected chi connectivity index (χ3v) is 7.11. The number of carbonyl (C=O) groups excluding carboxylic acids is 1. The van der Waals surface area contributed by atoms with E-state index in [1.165, 1.54) is 18.5 Å². The van der Waals surface area contributed by atoms with Gasteiger partial charge in [0.25, 0.3) is 5.91 Å². The zero-order valence-corrected chi connectivity index (χ0v) is 16.1. The van der Waals surface area contributed by atoms with Crippen molar-refractivity contribution < 1.29 is 9.53 Å². The lowest BCUT2D eigenvalue weighted by Gasteiger charge is -2.28. The molecule has 1 aromatic carbocycles. The van der Waals surface area contributed by atoms with Crippen LogP contribution in [-0.4, -0.2) is 50.3 Å². The van der Waals surface area contributed by atoms with Crippen LogP contribution in [0.2, 0.25) is 0 Å². The Morgan fingerprint density at radius 3 is 2.63 bits per heavy atom. The minimum absolute atomic E-state index is 0.0653. The van der Waals surface area contributed by atoms with Gasteiger partial charge in [0, 0.05) is 41.8 Å². The fraction of sp³-hybridized carbons (Fsp3) is 0.476. The molecule has 1 aromatic heterocycles. The number of fused-ring (bicyclic) bond motifs is 2. The van der Waals surface area contributed by atoms with E-state index in [1.807, 2.05) is 6.07 Å². The molecular formula is C21H25N3O2S. The molecule has 27 heavy (non-hydrogen) atoms. The zero-order chi connectivity index (χ0) is 18.2. The smallest absolute Gasteiger partial charge is 0.261 e. The lowest BCUT2D eigenvalue weighted by Crippen LogP contribution is -2.42. The molecule has 0 saturated carbocycles. The number of nitrogens with zero attached hydrogens (tertiary/aromatic N) is 1. The number of hydrogen-bond acceptors (Lipinski definition) is 5. The second kappa shape index (κ2) is 7.26. The topological polar surface area (TPSA) is 53.6 Å². The predicted octanol–water partition coefficient (Wildman–Crippen LogP) is 2.87. The van der Waals surface area contributed by atoms with E-state index in [-0.39, 0.29) is 11.9 Å². The SMILES string of the molecule is O=C(NC1CC2CCC1N2)c1ccc(-c2ccc(N3CCOCC3)cc2)s1. The Morgan fingerprint density at radius 2 is 1.93 bits per heavy atom. The van der Waals surface area contributed by atoms with Gasteiger partial charge in [-0.25, -0.2) is 0 Å². The summed E-state index contributed by atoms with van der Waals surface area (Å²) in [5.41, 5.74) is 2.40. The van der Waals surface area contributed by atoms with Crippen molar-refractivity contribution in [3.8, 4) is 10.4 Å². The number of hydrogen-bond donors (Lipinski definition) is 2. The average molecular weight is 384 g/mol. The first-order chi connectivity index (χ1) is 13.3. The highest BCUT2D eigenvalue weighted by Gasteiger charge is 2.39. The van der Waals surface area contributed by atoms with E-state index in [4.69, 9.17) is 4.74 Å². The number of morpholine rings is 1. The maximum atomic E-state index is 12.6. The van der Waals surface area contributed by atoms with E-state index in [2.05, 4.69) is 45.9 Å². The summed E-state index contributed by atoms with van der Waals surface area (Å²) in [6.45, 7) is 3.48. The maximum absolute atomic E-state index is 12.6. The number of thiophene rings is 1. The lowest BCUT2D eigenvalue weighted by atomic mass is 9.95. The van der Waals surface area contributed by atoms with E-state index in [9.17, 15) is 4.79 Å². The molecule has 3 atom stereocenters. The molecule has 0 aliphatic carbocycles. The Hall–Kier alpha value is -1.89. The molecule has 3 unspecified atom stereocenters. The number of ether oxygens (including phenoxy) is 1. The summed E-state index contributed by atoms with van der Waals surface area (Å²) in [7, 11) is 0. The second-order valence-electron chi connectivity index (χ2n) is 7.67. The molecule has 2 aromatic rings. The van der Waals surface area contributed by atoms with Crippen molar-refractivity contribution in [3.63, 3.8) is 0 Å². The fourth-order valence-corrected chi connectivity index (χ4v) is 5.41. The van der Waals surface area contributed by atoms with Gasteiger partial charge >= 0.3 is 0 Å². The quantitative estimate of drug-likeness (QED) is 0.853. The Morgan fingerprint density at radius 1 is 1.11 bits per heavy atom. The van der Waals surface area contributed by atoms with Gasteiger partial charge in [-0.05, 0) is 49.1 Å². The largest absolute Gasteiger partial charge is 0.378 e. The minimum Gasteiger partial charge on any atom is -0.378 e. The van der Waals surface area contributed by atoms with Crippen molar-refractivity contribution in [1.82, 2.24) is 10.6 Å². The molecular weight excluding hydrogens is 358 g/mol. The number of amides is 1. The molecule has 1 amide bonds. The first kappa shape index (κ1) is 17.2. The summed E-state index contributed by atoms with van der Waals surface area (Å²) in [4.78, 5) is 16.9. The molecule has 0 radical (unpaired) electrons.